The number of rotatable bonds is 9. The molecule has 0 atom stereocenters. The van der Waals surface area contributed by atoms with E-state index in [2.05, 4.69) is 22.1 Å². The minimum absolute atomic E-state index is 0.0968. The third-order valence-electron chi connectivity index (χ3n) is 6.30. The molecule has 0 spiro atoms. The van der Waals surface area contributed by atoms with Crippen LogP contribution in [0.15, 0.2) is 96.2 Å². The van der Waals surface area contributed by atoms with Crippen LogP contribution in [0.5, 0.6) is 11.5 Å². The van der Waals surface area contributed by atoms with Crippen molar-refractivity contribution in [2.75, 3.05) is 14.2 Å². The molecule has 6 rings (SSSR count). The fraction of sp³-hybridized carbons (Fsp3) is 0.100. The second-order valence-electron chi connectivity index (χ2n) is 8.70. The summed E-state index contributed by atoms with van der Waals surface area (Å²) >= 11 is 0. The number of nitrogens with one attached hydrogen (secondary N) is 1. The molecule has 0 bridgehead atoms. The Hall–Kier alpha value is -5.15. The number of ether oxygens (including phenoxy) is 2. The summed E-state index contributed by atoms with van der Waals surface area (Å²) in [5.41, 5.74) is 8.19. The molecule has 194 valence electrons. The number of hydrogen-bond acceptors (Lipinski definition) is 8. The Bertz CT molecular complexity index is 1780. The van der Waals surface area contributed by atoms with Gasteiger partial charge in [0.15, 0.2) is 23.0 Å². The molecule has 3 heterocycles. The molecule has 0 aliphatic rings. The van der Waals surface area contributed by atoms with Gasteiger partial charge in [0, 0.05) is 16.7 Å². The third kappa shape index (κ3) is 4.55. The number of methoxy groups -OCH3 is 2. The van der Waals surface area contributed by atoms with Gasteiger partial charge in [-0.2, -0.15) is 0 Å². The number of fused-ring (bicyclic) bond motifs is 3. The van der Waals surface area contributed by atoms with Crippen LogP contribution in [-0.2, 0) is 11.4 Å². The van der Waals surface area contributed by atoms with Crippen molar-refractivity contribution in [2.45, 2.75) is 6.61 Å². The van der Waals surface area contributed by atoms with Gasteiger partial charge in [-0.1, -0.05) is 67.2 Å². The van der Waals surface area contributed by atoms with Gasteiger partial charge in [0.1, 0.15) is 18.7 Å². The Balaban J connectivity index is 1.31. The summed E-state index contributed by atoms with van der Waals surface area (Å²) in [5.74, 6) is 2.43. The maximum absolute atomic E-state index is 6.29. The van der Waals surface area contributed by atoms with Gasteiger partial charge in [-0.15, -0.1) is 5.10 Å². The van der Waals surface area contributed by atoms with Crippen molar-refractivity contribution in [3.05, 3.63) is 103 Å². The molecule has 3 aromatic carbocycles. The molecule has 0 aliphatic heterocycles. The van der Waals surface area contributed by atoms with Crippen molar-refractivity contribution in [1.29, 1.82) is 0 Å². The molecule has 0 radical (unpaired) electrons. The van der Waals surface area contributed by atoms with Gasteiger partial charge >= 0.3 is 0 Å². The van der Waals surface area contributed by atoms with Crippen molar-refractivity contribution in [2.24, 2.45) is 0 Å². The second kappa shape index (κ2) is 10.3. The van der Waals surface area contributed by atoms with Crippen LogP contribution in [-0.4, -0.2) is 33.8 Å². The lowest BCUT2D eigenvalue weighted by Gasteiger charge is -2.12. The van der Waals surface area contributed by atoms with E-state index < -0.39 is 0 Å². The molecule has 9 heteroatoms. The van der Waals surface area contributed by atoms with E-state index in [4.69, 9.17) is 23.7 Å². The molecule has 0 amide bonds. The number of nitrogens with zero attached hydrogens (tertiary/aromatic N) is 4. The average molecular weight is 520 g/mol. The zero-order chi connectivity index (χ0) is 26.8. The summed E-state index contributed by atoms with van der Waals surface area (Å²) in [6.45, 7) is 4.14. The molecule has 0 unspecified atom stereocenters. The molecular formula is C30H25N5O4. The molecule has 0 aliphatic carbocycles. The molecule has 9 nitrogen and oxygen atoms in total. The molecule has 39 heavy (non-hydrogen) atoms. The van der Waals surface area contributed by atoms with Crippen molar-refractivity contribution in [3.63, 3.8) is 0 Å². The van der Waals surface area contributed by atoms with E-state index >= 15 is 0 Å². The number of hydrogen-bond donors (Lipinski definition) is 1. The van der Waals surface area contributed by atoms with Crippen molar-refractivity contribution in [3.8, 4) is 33.9 Å². The third-order valence-corrected chi connectivity index (χ3v) is 6.30. The number of benzene rings is 3. The fourth-order valence-corrected chi connectivity index (χ4v) is 4.45. The molecule has 0 fully saturated rings. The lowest BCUT2D eigenvalue weighted by molar-refractivity contribution is 0.0603. The van der Waals surface area contributed by atoms with Crippen molar-refractivity contribution < 1.29 is 18.7 Å². The first kappa shape index (κ1) is 24.2. The Morgan fingerprint density at radius 3 is 2.36 bits per heavy atom. The van der Waals surface area contributed by atoms with E-state index in [9.17, 15) is 0 Å². The molecule has 1 N–H and O–H groups in total. The van der Waals surface area contributed by atoms with E-state index in [-0.39, 0.29) is 6.61 Å². The Labute approximate surface area is 224 Å². The first-order chi connectivity index (χ1) is 19.2. The maximum atomic E-state index is 6.29. The zero-order valence-corrected chi connectivity index (χ0v) is 21.4. The van der Waals surface area contributed by atoms with Crippen molar-refractivity contribution in [1.82, 2.24) is 25.1 Å². The molecular weight excluding hydrogens is 494 g/mol. The zero-order valence-electron chi connectivity index (χ0n) is 21.4. The van der Waals surface area contributed by atoms with E-state index in [1.54, 1.807) is 25.1 Å². The van der Waals surface area contributed by atoms with Crippen LogP contribution >= 0.6 is 0 Å². The van der Waals surface area contributed by atoms with Crippen LogP contribution < -0.4 is 15.0 Å². The van der Waals surface area contributed by atoms with Crippen LogP contribution in [0.25, 0.3) is 44.9 Å². The predicted octanol–water partition coefficient (Wildman–Crippen LogP) is 5.91. The normalized spacial score (nSPS) is 11.1. The summed E-state index contributed by atoms with van der Waals surface area (Å²) in [7, 11) is 3.18. The highest BCUT2D eigenvalue weighted by atomic mass is 16.6. The van der Waals surface area contributed by atoms with Crippen LogP contribution in [0, 0.1) is 0 Å². The smallest absolute Gasteiger partial charge is 0.232 e. The highest BCUT2D eigenvalue weighted by Crippen LogP contribution is 2.41. The fourth-order valence-electron chi connectivity index (χ4n) is 4.45. The summed E-state index contributed by atoms with van der Waals surface area (Å²) in [6.07, 6.45) is 1.59. The quantitative estimate of drug-likeness (QED) is 0.236. The molecule has 0 saturated carbocycles. The Morgan fingerprint density at radius 2 is 1.64 bits per heavy atom. The SMILES string of the molecule is C=C(NOCc1nc2c3c(-c4ccccc4)c(-c4ccccc4)oc3ncn2n1)c1ccc(OC)c(OC)c1. The first-order valence-corrected chi connectivity index (χ1v) is 12.2. The lowest BCUT2D eigenvalue weighted by Crippen LogP contribution is -2.13. The number of aromatic nitrogens is 4. The van der Waals surface area contributed by atoms with Gasteiger partial charge in [-0.25, -0.2) is 14.5 Å². The molecule has 3 aromatic heterocycles. The van der Waals surface area contributed by atoms with Gasteiger partial charge in [-0.3, -0.25) is 10.3 Å². The average Bonchev–Trinajstić information content (AvgIpc) is 3.59. The monoisotopic (exact) mass is 519 g/mol. The Morgan fingerprint density at radius 1 is 0.923 bits per heavy atom. The Kier molecular flexibility index (Phi) is 6.40. The van der Waals surface area contributed by atoms with Gasteiger partial charge in [0.25, 0.3) is 0 Å². The summed E-state index contributed by atoms with van der Waals surface area (Å²) in [4.78, 5) is 15.0. The second-order valence-corrected chi connectivity index (χ2v) is 8.70. The van der Waals surface area contributed by atoms with Crippen LogP contribution in [0.1, 0.15) is 11.4 Å². The minimum atomic E-state index is 0.0968. The molecule has 6 aromatic rings. The highest BCUT2D eigenvalue weighted by Gasteiger charge is 2.22. The topological polar surface area (TPSA) is 95.9 Å². The highest BCUT2D eigenvalue weighted by molar-refractivity contribution is 6.07. The summed E-state index contributed by atoms with van der Waals surface area (Å²) in [5, 5.41) is 5.35. The van der Waals surface area contributed by atoms with Gasteiger partial charge in [0.05, 0.1) is 25.3 Å². The van der Waals surface area contributed by atoms with E-state index in [1.807, 2.05) is 78.9 Å². The van der Waals surface area contributed by atoms with Crippen LogP contribution in [0.3, 0.4) is 0 Å². The van der Waals surface area contributed by atoms with E-state index in [0.717, 1.165) is 33.4 Å². The van der Waals surface area contributed by atoms with Crippen LogP contribution in [0.4, 0.5) is 0 Å². The predicted molar refractivity (Wildman–Crippen MR) is 148 cm³/mol. The number of hydroxylamine groups is 1. The standard InChI is InChI=1S/C30H25N5O4/c1-19(22-14-15-23(36-2)24(16-22)37-3)34-38-17-25-32-29-27-26(20-10-6-4-7-11-20)28(21-12-8-5-9-13-21)39-30(27)31-18-35(29)33-25/h4-16,18,34H,1,17H2,2-3H3. The lowest BCUT2D eigenvalue weighted by atomic mass is 9.99. The maximum Gasteiger partial charge on any atom is 0.232 e. The van der Waals surface area contributed by atoms with Crippen molar-refractivity contribution >= 4 is 22.4 Å². The molecule has 0 saturated heterocycles. The largest absolute Gasteiger partial charge is 0.493 e. The van der Waals surface area contributed by atoms with Crippen LogP contribution in [0.2, 0.25) is 0 Å². The van der Waals surface area contributed by atoms with E-state index in [1.165, 1.54) is 0 Å². The van der Waals surface area contributed by atoms with Gasteiger partial charge in [-0.05, 0) is 23.8 Å². The van der Waals surface area contributed by atoms with Gasteiger partial charge in [0.2, 0.25) is 5.71 Å². The summed E-state index contributed by atoms with van der Waals surface area (Å²) < 4.78 is 18.6. The first-order valence-electron chi connectivity index (χ1n) is 12.2. The minimum Gasteiger partial charge on any atom is -0.493 e. The number of furan rings is 1. The van der Waals surface area contributed by atoms with E-state index in [0.29, 0.717) is 34.4 Å². The summed E-state index contributed by atoms with van der Waals surface area (Å²) in [6, 6.07) is 25.5. The van der Waals surface area contributed by atoms with Gasteiger partial charge < -0.3 is 13.9 Å².